The molecule has 0 amide bonds. The summed E-state index contributed by atoms with van der Waals surface area (Å²) in [5.41, 5.74) is 6.90. The number of furan rings is 1. The van der Waals surface area contributed by atoms with Crippen LogP contribution in [0.25, 0.3) is 0 Å². The van der Waals surface area contributed by atoms with E-state index in [9.17, 15) is 0 Å². The molecule has 1 unspecified atom stereocenters. The van der Waals surface area contributed by atoms with E-state index in [1.54, 1.807) is 7.11 Å². The summed E-state index contributed by atoms with van der Waals surface area (Å²) in [4.78, 5) is 6.97. The number of rotatable bonds is 6. The zero-order chi connectivity index (χ0) is 17.6. The maximum atomic E-state index is 6.09. The van der Waals surface area contributed by atoms with Crippen LogP contribution in [0.2, 0.25) is 0 Å². The summed E-state index contributed by atoms with van der Waals surface area (Å²) in [6, 6.07) is 11.8. The summed E-state index contributed by atoms with van der Waals surface area (Å²) in [6.07, 6.45) is 2.43. The molecule has 26 heavy (non-hydrogen) atoms. The van der Waals surface area contributed by atoms with Gasteiger partial charge in [-0.15, -0.1) is 24.0 Å². The monoisotopic (exact) mass is 470 g/mol. The van der Waals surface area contributed by atoms with Gasteiger partial charge in [0.15, 0.2) is 5.96 Å². The van der Waals surface area contributed by atoms with Crippen LogP contribution in [-0.4, -0.2) is 37.6 Å². The SMILES string of the molecule is COc1ccccc1NC(N)=NCC(c1ccc(C)o1)N1CCCC1.I. The summed E-state index contributed by atoms with van der Waals surface area (Å²) in [7, 11) is 1.64. The Labute approximate surface area is 171 Å². The summed E-state index contributed by atoms with van der Waals surface area (Å²) in [5.74, 6) is 2.98. The highest BCUT2D eigenvalue weighted by atomic mass is 127. The number of ether oxygens (including phenoxy) is 1. The van der Waals surface area contributed by atoms with E-state index in [0.717, 1.165) is 36.0 Å². The molecule has 2 heterocycles. The van der Waals surface area contributed by atoms with Gasteiger partial charge in [-0.3, -0.25) is 9.89 Å². The van der Waals surface area contributed by atoms with Crippen molar-refractivity contribution < 1.29 is 9.15 Å². The lowest BCUT2D eigenvalue weighted by atomic mass is 10.2. The molecule has 1 aromatic carbocycles. The van der Waals surface area contributed by atoms with Gasteiger partial charge in [-0.05, 0) is 57.1 Å². The van der Waals surface area contributed by atoms with Crippen LogP contribution in [0.3, 0.4) is 0 Å². The van der Waals surface area contributed by atoms with Crippen LogP contribution in [0.4, 0.5) is 5.69 Å². The van der Waals surface area contributed by atoms with E-state index in [0.29, 0.717) is 12.5 Å². The van der Waals surface area contributed by atoms with Gasteiger partial charge in [0.2, 0.25) is 0 Å². The van der Waals surface area contributed by atoms with E-state index in [4.69, 9.17) is 14.9 Å². The molecule has 2 aromatic rings. The molecular formula is C19H27IN4O2. The zero-order valence-corrected chi connectivity index (χ0v) is 17.6. The minimum atomic E-state index is 0. The Morgan fingerprint density at radius 3 is 2.65 bits per heavy atom. The number of nitrogens with one attached hydrogen (secondary N) is 1. The number of aryl methyl sites for hydroxylation is 1. The third kappa shape index (κ3) is 5.14. The lowest BCUT2D eigenvalue weighted by molar-refractivity contribution is 0.219. The summed E-state index contributed by atoms with van der Waals surface area (Å²) in [5, 5.41) is 3.12. The van der Waals surface area contributed by atoms with Crippen molar-refractivity contribution in [2.45, 2.75) is 25.8 Å². The van der Waals surface area contributed by atoms with Crippen molar-refractivity contribution in [1.29, 1.82) is 0 Å². The second kappa shape index (κ2) is 9.82. The van der Waals surface area contributed by atoms with Gasteiger partial charge >= 0.3 is 0 Å². The first kappa shape index (κ1) is 20.6. The van der Waals surface area contributed by atoms with Crippen molar-refractivity contribution in [2.24, 2.45) is 10.7 Å². The smallest absolute Gasteiger partial charge is 0.193 e. The number of hydrogen-bond donors (Lipinski definition) is 2. The van der Waals surface area contributed by atoms with Crippen LogP contribution in [0, 0.1) is 6.92 Å². The standard InChI is InChI=1S/C19H26N4O2.HI/c1-14-9-10-18(25-14)16(23-11-5-6-12-23)13-21-19(20)22-15-7-3-4-8-17(15)24-2;/h3-4,7-10,16H,5-6,11-13H2,1-2H3,(H3,20,21,22);1H. The van der Waals surface area contributed by atoms with Gasteiger partial charge in [0, 0.05) is 0 Å². The van der Waals surface area contributed by atoms with E-state index < -0.39 is 0 Å². The van der Waals surface area contributed by atoms with E-state index in [2.05, 4.69) is 15.2 Å². The molecule has 1 atom stereocenters. The fraction of sp³-hybridized carbons (Fsp3) is 0.421. The fourth-order valence-corrected chi connectivity index (χ4v) is 3.18. The summed E-state index contributed by atoms with van der Waals surface area (Å²) < 4.78 is 11.2. The molecule has 3 rings (SSSR count). The first-order chi connectivity index (χ1) is 12.2. The highest BCUT2D eigenvalue weighted by molar-refractivity contribution is 14.0. The van der Waals surface area contributed by atoms with E-state index >= 15 is 0 Å². The molecule has 1 aliphatic rings. The van der Waals surface area contributed by atoms with Crippen molar-refractivity contribution in [3.05, 3.63) is 47.9 Å². The number of aliphatic imine (C=N–C) groups is 1. The minimum absolute atomic E-state index is 0. The lowest BCUT2D eigenvalue weighted by Crippen LogP contribution is -2.30. The third-order valence-corrected chi connectivity index (χ3v) is 4.48. The van der Waals surface area contributed by atoms with Gasteiger partial charge in [-0.1, -0.05) is 12.1 Å². The molecule has 0 spiro atoms. The number of guanidine groups is 1. The van der Waals surface area contributed by atoms with E-state index in [-0.39, 0.29) is 30.0 Å². The van der Waals surface area contributed by atoms with Gasteiger partial charge in [0.1, 0.15) is 17.3 Å². The number of likely N-dealkylation sites (tertiary alicyclic amines) is 1. The van der Waals surface area contributed by atoms with E-state index in [1.807, 2.05) is 43.3 Å². The molecule has 1 fully saturated rings. The molecule has 1 aromatic heterocycles. The van der Waals surface area contributed by atoms with Gasteiger partial charge in [-0.2, -0.15) is 0 Å². The molecule has 142 valence electrons. The number of para-hydroxylation sites is 2. The Bertz CT molecular complexity index is 726. The maximum Gasteiger partial charge on any atom is 0.193 e. The number of hydrogen-bond acceptors (Lipinski definition) is 4. The van der Waals surface area contributed by atoms with Crippen molar-refractivity contribution in [1.82, 2.24) is 4.90 Å². The number of nitrogens with two attached hydrogens (primary N) is 1. The molecule has 0 radical (unpaired) electrons. The highest BCUT2D eigenvalue weighted by Crippen LogP contribution is 2.27. The second-order valence-corrected chi connectivity index (χ2v) is 6.26. The van der Waals surface area contributed by atoms with Crippen LogP contribution in [0.15, 0.2) is 45.8 Å². The molecule has 6 nitrogen and oxygen atoms in total. The maximum absolute atomic E-state index is 6.09. The van der Waals surface area contributed by atoms with Gasteiger partial charge in [-0.25, -0.2) is 0 Å². The summed E-state index contributed by atoms with van der Waals surface area (Å²) in [6.45, 7) is 4.66. The predicted octanol–water partition coefficient (Wildman–Crippen LogP) is 3.78. The fourth-order valence-electron chi connectivity index (χ4n) is 3.18. The van der Waals surface area contributed by atoms with Gasteiger partial charge in [0.05, 0.1) is 25.4 Å². The second-order valence-electron chi connectivity index (χ2n) is 6.26. The molecule has 7 heteroatoms. The number of methoxy groups -OCH3 is 1. The van der Waals surface area contributed by atoms with Crippen molar-refractivity contribution >= 4 is 35.6 Å². The number of benzene rings is 1. The normalized spacial score (nSPS) is 16.2. The van der Waals surface area contributed by atoms with Gasteiger partial charge in [0.25, 0.3) is 0 Å². The minimum Gasteiger partial charge on any atom is -0.495 e. The molecule has 0 aliphatic carbocycles. The Morgan fingerprint density at radius 2 is 2.00 bits per heavy atom. The van der Waals surface area contributed by atoms with Crippen molar-refractivity contribution in [3.63, 3.8) is 0 Å². The Hall–Kier alpha value is -1.74. The number of halogens is 1. The quantitative estimate of drug-likeness (QED) is 0.382. The first-order valence-electron chi connectivity index (χ1n) is 8.67. The first-order valence-corrected chi connectivity index (χ1v) is 8.67. The predicted molar refractivity (Wildman–Crippen MR) is 116 cm³/mol. The molecule has 1 saturated heterocycles. The summed E-state index contributed by atoms with van der Waals surface area (Å²) >= 11 is 0. The van der Waals surface area contributed by atoms with Gasteiger partial charge < -0.3 is 20.2 Å². The average Bonchev–Trinajstić information content (AvgIpc) is 3.28. The molecule has 0 bridgehead atoms. The largest absolute Gasteiger partial charge is 0.495 e. The van der Waals surface area contributed by atoms with Crippen LogP contribution >= 0.6 is 24.0 Å². The Morgan fingerprint density at radius 1 is 1.27 bits per heavy atom. The lowest BCUT2D eigenvalue weighted by Gasteiger charge is -2.24. The Balaban J connectivity index is 0.00000243. The van der Waals surface area contributed by atoms with Crippen molar-refractivity contribution in [2.75, 3.05) is 32.1 Å². The number of anilines is 1. The van der Waals surface area contributed by atoms with Crippen LogP contribution in [0.1, 0.15) is 30.4 Å². The third-order valence-electron chi connectivity index (χ3n) is 4.48. The average molecular weight is 470 g/mol. The zero-order valence-electron chi connectivity index (χ0n) is 15.3. The van der Waals surface area contributed by atoms with Crippen molar-refractivity contribution in [3.8, 4) is 5.75 Å². The topological polar surface area (TPSA) is 76.0 Å². The Kier molecular flexibility index (Phi) is 7.77. The molecule has 3 N–H and O–H groups in total. The molecular weight excluding hydrogens is 443 g/mol. The van der Waals surface area contributed by atoms with E-state index in [1.165, 1.54) is 12.8 Å². The molecule has 1 aliphatic heterocycles. The van der Waals surface area contributed by atoms with Crippen LogP contribution < -0.4 is 15.8 Å². The highest BCUT2D eigenvalue weighted by Gasteiger charge is 2.25. The molecule has 0 saturated carbocycles. The van der Waals surface area contributed by atoms with Crippen LogP contribution in [0.5, 0.6) is 5.75 Å². The number of nitrogens with zero attached hydrogens (tertiary/aromatic N) is 2. The van der Waals surface area contributed by atoms with Crippen LogP contribution in [-0.2, 0) is 0 Å².